The molecule has 0 amide bonds. The maximum absolute atomic E-state index is 13.2. The van der Waals surface area contributed by atoms with E-state index in [1.54, 1.807) is 0 Å². The van der Waals surface area contributed by atoms with Gasteiger partial charge in [0.25, 0.3) is 0 Å². The van der Waals surface area contributed by atoms with Gasteiger partial charge in [-0.05, 0) is 24.1 Å². The smallest absolute Gasteiger partial charge is 0.128 e. The second-order valence-corrected chi connectivity index (χ2v) is 3.48. The second-order valence-electron chi connectivity index (χ2n) is 3.48. The lowest BCUT2D eigenvalue weighted by atomic mass is 9.96. The maximum atomic E-state index is 13.2. The van der Waals surface area contributed by atoms with E-state index in [1.165, 1.54) is 18.2 Å². The van der Waals surface area contributed by atoms with Crippen LogP contribution in [0.25, 0.3) is 0 Å². The topological polar surface area (TPSA) is 46.2 Å². The van der Waals surface area contributed by atoms with E-state index in [4.69, 9.17) is 10.8 Å². The molecule has 13 heavy (non-hydrogen) atoms. The largest absolute Gasteiger partial charge is 0.508 e. The number of aromatic hydroxyl groups is 1. The summed E-state index contributed by atoms with van der Waals surface area (Å²) >= 11 is 0. The van der Waals surface area contributed by atoms with Crippen molar-refractivity contribution >= 4 is 0 Å². The van der Waals surface area contributed by atoms with Crippen molar-refractivity contribution in [3.63, 3.8) is 0 Å². The van der Waals surface area contributed by atoms with Crippen molar-refractivity contribution in [2.24, 2.45) is 11.7 Å². The fraction of sp³-hybridized carbons (Fsp3) is 0.400. The van der Waals surface area contributed by atoms with Crippen LogP contribution in [0.5, 0.6) is 5.75 Å². The number of halogens is 1. The molecule has 3 heteroatoms. The number of phenolic OH excluding ortho intramolecular Hbond substituents is 1. The lowest BCUT2D eigenvalue weighted by Crippen LogP contribution is -2.17. The first-order chi connectivity index (χ1) is 6.02. The molecule has 0 aliphatic heterocycles. The highest BCUT2D eigenvalue weighted by molar-refractivity contribution is 5.30. The summed E-state index contributed by atoms with van der Waals surface area (Å²) in [4.78, 5) is 0. The molecule has 2 nitrogen and oxygen atoms in total. The summed E-state index contributed by atoms with van der Waals surface area (Å²) < 4.78 is 13.2. The number of benzene rings is 1. The van der Waals surface area contributed by atoms with Crippen LogP contribution in [0.15, 0.2) is 18.2 Å². The summed E-state index contributed by atoms with van der Waals surface area (Å²) in [5, 5.41) is 9.15. The van der Waals surface area contributed by atoms with Crippen LogP contribution < -0.4 is 5.73 Å². The summed E-state index contributed by atoms with van der Waals surface area (Å²) in [7, 11) is 0. The molecular formula is C10H14FNO. The minimum Gasteiger partial charge on any atom is -0.508 e. The third-order valence-corrected chi connectivity index (χ3v) is 2.06. The molecule has 0 saturated heterocycles. The van der Waals surface area contributed by atoms with E-state index in [-0.39, 0.29) is 23.5 Å². The van der Waals surface area contributed by atoms with Gasteiger partial charge in [0.05, 0.1) is 0 Å². The Labute approximate surface area is 77.2 Å². The molecule has 0 spiro atoms. The van der Waals surface area contributed by atoms with E-state index < -0.39 is 0 Å². The van der Waals surface area contributed by atoms with Gasteiger partial charge < -0.3 is 10.8 Å². The van der Waals surface area contributed by atoms with Gasteiger partial charge in [-0.3, -0.25) is 0 Å². The van der Waals surface area contributed by atoms with Crippen molar-refractivity contribution in [2.45, 2.75) is 19.9 Å². The van der Waals surface area contributed by atoms with Crippen molar-refractivity contribution in [3.8, 4) is 5.75 Å². The summed E-state index contributed by atoms with van der Waals surface area (Å²) in [6.07, 6.45) is 0. The van der Waals surface area contributed by atoms with Crippen LogP contribution in [-0.2, 0) is 0 Å². The Balaban J connectivity index is 3.05. The minimum absolute atomic E-state index is 0.0486. The molecule has 0 aliphatic carbocycles. The van der Waals surface area contributed by atoms with Gasteiger partial charge in [-0.1, -0.05) is 13.8 Å². The zero-order valence-electron chi connectivity index (χ0n) is 7.79. The monoisotopic (exact) mass is 183 g/mol. The fourth-order valence-corrected chi connectivity index (χ4v) is 1.15. The van der Waals surface area contributed by atoms with E-state index in [2.05, 4.69) is 0 Å². The summed E-state index contributed by atoms with van der Waals surface area (Å²) in [6, 6.07) is 3.55. The van der Waals surface area contributed by atoms with Gasteiger partial charge in [-0.25, -0.2) is 4.39 Å². The first-order valence-electron chi connectivity index (χ1n) is 4.26. The molecule has 0 radical (unpaired) electrons. The number of phenols is 1. The Morgan fingerprint density at radius 2 is 2.00 bits per heavy atom. The van der Waals surface area contributed by atoms with Gasteiger partial charge in [0.15, 0.2) is 0 Å². The molecular weight excluding hydrogens is 169 g/mol. The maximum Gasteiger partial charge on any atom is 0.128 e. The fourth-order valence-electron chi connectivity index (χ4n) is 1.15. The van der Waals surface area contributed by atoms with Crippen LogP contribution in [0.3, 0.4) is 0 Å². The first-order valence-corrected chi connectivity index (χ1v) is 4.26. The van der Waals surface area contributed by atoms with Gasteiger partial charge in [-0.15, -0.1) is 0 Å². The number of nitrogens with two attached hydrogens (primary N) is 1. The van der Waals surface area contributed by atoms with E-state index in [0.29, 0.717) is 5.56 Å². The lowest BCUT2D eigenvalue weighted by Gasteiger charge is -2.16. The van der Waals surface area contributed by atoms with Gasteiger partial charge >= 0.3 is 0 Å². The third-order valence-electron chi connectivity index (χ3n) is 2.06. The van der Waals surface area contributed by atoms with Crippen LogP contribution >= 0.6 is 0 Å². The number of hydrogen-bond donors (Lipinski definition) is 2. The molecule has 0 saturated carbocycles. The SMILES string of the molecule is CC(C)[C@@H](N)c1cc(O)ccc1F. The highest BCUT2D eigenvalue weighted by Gasteiger charge is 2.15. The Morgan fingerprint density at radius 3 is 2.54 bits per heavy atom. The van der Waals surface area contributed by atoms with Crippen LogP contribution in [-0.4, -0.2) is 5.11 Å². The molecule has 1 rings (SSSR count). The van der Waals surface area contributed by atoms with Crippen LogP contribution in [0, 0.1) is 11.7 Å². The highest BCUT2D eigenvalue weighted by atomic mass is 19.1. The van der Waals surface area contributed by atoms with Crippen molar-refractivity contribution in [1.29, 1.82) is 0 Å². The van der Waals surface area contributed by atoms with Crippen LogP contribution in [0.1, 0.15) is 25.5 Å². The average molecular weight is 183 g/mol. The molecule has 0 heterocycles. The normalized spacial score (nSPS) is 13.3. The molecule has 0 aliphatic rings. The zero-order chi connectivity index (χ0) is 10.0. The molecule has 3 N–H and O–H groups in total. The molecule has 1 aromatic rings. The third kappa shape index (κ3) is 2.18. The summed E-state index contributed by atoms with van der Waals surface area (Å²) in [5.74, 6) is -0.164. The van der Waals surface area contributed by atoms with E-state index in [1.807, 2.05) is 13.8 Å². The second kappa shape index (κ2) is 3.75. The number of hydrogen-bond acceptors (Lipinski definition) is 2. The van der Waals surface area contributed by atoms with E-state index in [0.717, 1.165) is 0 Å². The predicted octanol–water partition coefficient (Wildman–Crippen LogP) is 2.19. The molecule has 72 valence electrons. The van der Waals surface area contributed by atoms with Crippen molar-refractivity contribution < 1.29 is 9.50 Å². The Bertz CT molecular complexity index is 299. The lowest BCUT2D eigenvalue weighted by molar-refractivity contribution is 0.456. The van der Waals surface area contributed by atoms with E-state index >= 15 is 0 Å². The average Bonchev–Trinajstić information content (AvgIpc) is 2.08. The molecule has 1 aromatic carbocycles. The highest BCUT2D eigenvalue weighted by Crippen LogP contribution is 2.24. The van der Waals surface area contributed by atoms with Gasteiger partial charge in [0.2, 0.25) is 0 Å². The van der Waals surface area contributed by atoms with Gasteiger partial charge in [0.1, 0.15) is 11.6 Å². The number of rotatable bonds is 2. The molecule has 0 unspecified atom stereocenters. The molecule has 0 bridgehead atoms. The Morgan fingerprint density at radius 1 is 1.38 bits per heavy atom. The molecule has 1 atom stereocenters. The van der Waals surface area contributed by atoms with Crippen molar-refractivity contribution in [3.05, 3.63) is 29.6 Å². The Hall–Kier alpha value is -1.09. The van der Waals surface area contributed by atoms with Gasteiger partial charge in [0, 0.05) is 11.6 Å². The summed E-state index contributed by atoms with van der Waals surface area (Å²) in [5.41, 5.74) is 6.13. The molecule has 0 fully saturated rings. The van der Waals surface area contributed by atoms with E-state index in [9.17, 15) is 4.39 Å². The minimum atomic E-state index is -0.368. The van der Waals surface area contributed by atoms with Crippen molar-refractivity contribution in [1.82, 2.24) is 0 Å². The zero-order valence-corrected chi connectivity index (χ0v) is 7.79. The molecule has 0 aromatic heterocycles. The first kappa shape index (κ1) is 9.99. The summed E-state index contributed by atoms with van der Waals surface area (Å²) in [6.45, 7) is 3.82. The standard InChI is InChI=1S/C10H14FNO/c1-6(2)10(12)8-5-7(13)3-4-9(8)11/h3-6,10,13H,12H2,1-2H3/t10-/m1/s1. The van der Waals surface area contributed by atoms with Crippen molar-refractivity contribution in [2.75, 3.05) is 0 Å². The quantitative estimate of drug-likeness (QED) is 0.738. The predicted molar refractivity (Wildman–Crippen MR) is 49.8 cm³/mol. The van der Waals surface area contributed by atoms with Gasteiger partial charge in [-0.2, -0.15) is 0 Å². The Kier molecular flexibility index (Phi) is 2.88. The van der Waals surface area contributed by atoms with Crippen LogP contribution in [0.4, 0.5) is 4.39 Å². The van der Waals surface area contributed by atoms with Crippen LogP contribution in [0.2, 0.25) is 0 Å².